The molecule has 1 aromatic carbocycles. The van der Waals surface area contributed by atoms with Crippen LogP contribution in [-0.2, 0) is 4.79 Å². The highest BCUT2D eigenvalue weighted by Gasteiger charge is 2.47. The Bertz CT molecular complexity index is 514. The highest BCUT2D eigenvalue weighted by molar-refractivity contribution is 5.83. The highest BCUT2D eigenvalue weighted by atomic mass is 19.1. The number of aliphatic hydroxyl groups excluding tert-OH is 1. The maximum absolute atomic E-state index is 12.9. The van der Waals surface area contributed by atoms with E-state index in [9.17, 15) is 14.3 Å². The molecule has 0 aromatic heterocycles. The minimum Gasteiger partial charge on any atom is -0.393 e. The molecule has 21 heavy (non-hydrogen) atoms. The lowest BCUT2D eigenvalue weighted by Gasteiger charge is -2.26. The van der Waals surface area contributed by atoms with Gasteiger partial charge in [0.1, 0.15) is 5.82 Å². The lowest BCUT2D eigenvalue weighted by atomic mass is 10.1. The van der Waals surface area contributed by atoms with Crippen LogP contribution in [0.25, 0.3) is 0 Å². The molecule has 1 saturated heterocycles. The summed E-state index contributed by atoms with van der Waals surface area (Å²) in [5.74, 6) is 0.266. The van der Waals surface area contributed by atoms with Gasteiger partial charge >= 0.3 is 0 Å². The molecule has 2 aliphatic rings. The average Bonchev–Trinajstić information content (AvgIpc) is 3.11. The second-order valence-electron chi connectivity index (χ2n) is 6.41. The van der Waals surface area contributed by atoms with Gasteiger partial charge in [0, 0.05) is 18.5 Å². The van der Waals surface area contributed by atoms with E-state index in [0.29, 0.717) is 6.42 Å². The normalized spacial score (nSPS) is 29.5. The van der Waals surface area contributed by atoms with Crippen molar-refractivity contribution in [2.24, 2.45) is 5.92 Å². The predicted molar refractivity (Wildman–Crippen MR) is 78.3 cm³/mol. The maximum Gasteiger partial charge on any atom is 0.226 e. The van der Waals surface area contributed by atoms with Gasteiger partial charge in [-0.15, -0.1) is 0 Å². The van der Waals surface area contributed by atoms with Crippen LogP contribution in [0.4, 0.5) is 4.39 Å². The van der Waals surface area contributed by atoms with Crippen LogP contribution in [0.1, 0.15) is 44.1 Å². The molecule has 114 valence electrons. The third kappa shape index (κ3) is 3.10. The number of rotatable bonds is 4. The van der Waals surface area contributed by atoms with Crippen LogP contribution in [0.5, 0.6) is 0 Å². The molecule has 1 N–H and O–H groups in total. The molecule has 1 saturated carbocycles. The lowest BCUT2D eigenvalue weighted by Crippen LogP contribution is -2.38. The second kappa shape index (κ2) is 5.76. The van der Waals surface area contributed by atoms with Crippen molar-refractivity contribution < 1.29 is 14.3 Å². The summed E-state index contributed by atoms with van der Waals surface area (Å²) < 4.78 is 12.9. The molecule has 4 heteroatoms. The van der Waals surface area contributed by atoms with E-state index in [2.05, 4.69) is 0 Å². The van der Waals surface area contributed by atoms with Crippen molar-refractivity contribution in [2.45, 2.75) is 50.7 Å². The van der Waals surface area contributed by atoms with Crippen LogP contribution in [-0.4, -0.2) is 34.6 Å². The molecular formula is C17H22FNO2. The fraction of sp³-hybridized carbons (Fsp3) is 0.588. The fourth-order valence-corrected chi connectivity index (χ4v) is 3.52. The van der Waals surface area contributed by atoms with Gasteiger partial charge < -0.3 is 10.0 Å². The molecule has 2 fully saturated rings. The Labute approximate surface area is 124 Å². The summed E-state index contributed by atoms with van der Waals surface area (Å²) in [7, 11) is 0. The summed E-state index contributed by atoms with van der Waals surface area (Å²) in [6.07, 6.45) is 3.18. The van der Waals surface area contributed by atoms with E-state index in [1.165, 1.54) is 12.1 Å². The van der Waals surface area contributed by atoms with E-state index < -0.39 is 0 Å². The minimum atomic E-state index is -0.365. The molecule has 0 spiro atoms. The molecule has 0 bridgehead atoms. The van der Waals surface area contributed by atoms with Gasteiger partial charge in [0.2, 0.25) is 5.91 Å². The van der Waals surface area contributed by atoms with Crippen LogP contribution in [0, 0.1) is 11.7 Å². The standard InChI is InChI=1S/C17H22FNO2/c1-11(20)9-14-3-2-8-19(14)17(21)16-10-15(16)12-4-6-13(18)7-5-12/h4-7,11,14-16,20H,2-3,8-10H2,1H3. The van der Waals surface area contributed by atoms with E-state index >= 15 is 0 Å². The molecule has 1 aliphatic carbocycles. The number of hydrogen-bond donors (Lipinski definition) is 1. The van der Waals surface area contributed by atoms with Gasteiger partial charge in [-0.05, 0) is 56.2 Å². The zero-order valence-corrected chi connectivity index (χ0v) is 12.3. The Kier molecular flexibility index (Phi) is 3.98. The summed E-state index contributed by atoms with van der Waals surface area (Å²) in [6.45, 7) is 2.59. The topological polar surface area (TPSA) is 40.5 Å². The van der Waals surface area contributed by atoms with Gasteiger partial charge in [-0.2, -0.15) is 0 Å². The molecule has 4 unspecified atom stereocenters. The SMILES string of the molecule is CC(O)CC1CCCN1C(=O)C1CC1c1ccc(F)cc1. The third-order valence-corrected chi connectivity index (χ3v) is 4.68. The average molecular weight is 291 g/mol. The molecule has 4 atom stereocenters. The first-order valence-corrected chi connectivity index (χ1v) is 7.80. The van der Waals surface area contributed by atoms with E-state index in [0.717, 1.165) is 31.4 Å². The summed E-state index contributed by atoms with van der Waals surface area (Å²) in [4.78, 5) is 14.6. The van der Waals surface area contributed by atoms with Gasteiger partial charge in [-0.1, -0.05) is 12.1 Å². The summed E-state index contributed by atoms with van der Waals surface area (Å²) in [6, 6.07) is 6.67. The zero-order chi connectivity index (χ0) is 15.0. The van der Waals surface area contributed by atoms with Crippen LogP contribution in [0.3, 0.4) is 0 Å². The Hall–Kier alpha value is -1.42. The van der Waals surface area contributed by atoms with Gasteiger partial charge in [-0.25, -0.2) is 4.39 Å². The van der Waals surface area contributed by atoms with Crippen molar-refractivity contribution in [3.63, 3.8) is 0 Å². The highest BCUT2D eigenvalue weighted by Crippen LogP contribution is 2.49. The Morgan fingerprint density at radius 3 is 2.81 bits per heavy atom. The summed E-state index contributed by atoms with van der Waals surface area (Å²) >= 11 is 0. The van der Waals surface area contributed by atoms with Gasteiger partial charge in [0.05, 0.1) is 6.10 Å². The molecule has 3 nitrogen and oxygen atoms in total. The number of nitrogens with zero attached hydrogens (tertiary/aromatic N) is 1. The molecule has 1 heterocycles. The molecule has 1 aromatic rings. The van der Waals surface area contributed by atoms with Gasteiger partial charge in [0.25, 0.3) is 0 Å². The third-order valence-electron chi connectivity index (χ3n) is 4.68. The molecule has 3 rings (SSSR count). The number of benzene rings is 1. The van der Waals surface area contributed by atoms with E-state index in [1.807, 2.05) is 4.90 Å². The first kappa shape index (κ1) is 14.5. The predicted octanol–water partition coefficient (Wildman–Crippen LogP) is 2.69. The number of amides is 1. The van der Waals surface area contributed by atoms with Crippen LogP contribution in [0.2, 0.25) is 0 Å². The monoisotopic (exact) mass is 291 g/mol. The number of carbonyl (C=O) groups excluding carboxylic acids is 1. The quantitative estimate of drug-likeness (QED) is 0.926. The Balaban J connectivity index is 1.63. The fourth-order valence-electron chi connectivity index (χ4n) is 3.52. The van der Waals surface area contributed by atoms with Crippen molar-refractivity contribution in [3.8, 4) is 0 Å². The number of carbonyl (C=O) groups is 1. The van der Waals surface area contributed by atoms with E-state index in [4.69, 9.17) is 0 Å². The summed E-state index contributed by atoms with van der Waals surface area (Å²) in [5.41, 5.74) is 1.06. The second-order valence-corrected chi connectivity index (χ2v) is 6.41. The molecule has 1 aliphatic heterocycles. The first-order chi connectivity index (χ1) is 10.1. The van der Waals surface area contributed by atoms with Crippen LogP contribution in [0.15, 0.2) is 24.3 Å². The van der Waals surface area contributed by atoms with Crippen molar-refractivity contribution in [2.75, 3.05) is 6.54 Å². The Morgan fingerprint density at radius 2 is 2.14 bits per heavy atom. The maximum atomic E-state index is 12.9. The lowest BCUT2D eigenvalue weighted by molar-refractivity contribution is -0.133. The minimum absolute atomic E-state index is 0.0464. The Morgan fingerprint density at radius 1 is 1.43 bits per heavy atom. The largest absolute Gasteiger partial charge is 0.393 e. The van der Waals surface area contributed by atoms with Crippen molar-refractivity contribution >= 4 is 5.91 Å². The van der Waals surface area contributed by atoms with Crippen LogP contribution >= 0.6 is 0 Å². The molecule has 1 amide bonds. The number of aliphatic hydroxyl groups is 1. The molecular weight excluding hydrogens is 269 g/mol. The van der Waals surface area contributed by atoms with E-state index in [1.54, 1.807) is 19.1 Å². The van der Waals surface area contributed by atoms with Gasteiger partial charge in [0.15, 0.2) is 0 Å². The number of halogens is 1. The zero-order valence-electron chi connectivity index (χ0n) is 12.3. The van der Waals surface area contributed by atoms with Gasteiger partial charge in [-0.3, -0.25) is 4.79 Å². The first-order valence-electron chi connectivity index (χ1n) is 7.80. The number of hydrogen-bond acceptors (Lipinski definition) is 2. The van der Waals surface area contributed by atoms with Crippen LogP contribution < -0.4 is 0 Å². The van der Waals surface area contributed by atoms with Crippen molar-refractivity contribution in [1.82, 2.24) is 4.90 Å². The van der Waals surface area contributed by atoms with Crippen molar-refractivity contribution in [1.29, 1.82) is 0 Å². The smallest absolute Gasteiger partial charge is 0.226 e. The van der Waals surface area contributed by atoms with E-state index in [-0.39, 0.29) is 35.7 Å². The number of likely N-dealkylation sites (tertiary alicyclic amines) is 1. The summed E-state index contributed by atoms with van der Waals surface area (Å²) in [5, 5.41) is 9.55. The molecule has 0 radical (unpaired) electrons. The van der Waals surface area contributed by atoms with Crippen molar-refractivity contribution in [3.05, 3.63) is 35.6 Å².